The number of aryl methyl sites for hydroxylation is 1. The number of carbonyl (C=O) groups excluding carboxylic acids is 1. The van der Waals surface area contributed by atoms with E-state index in [0.717, 1.165) is 11.3 Å². The fraction of sp³-hybridized carbons (Fsp3) is 0.278. The average molecular weight is 312 g/mol. The molecule has 0 aliphatic heterocycles. The van der Waals surface area contributed by atoms with Gasteiger partial charge < -0.3 is 10.4 Å². The van der Waals surface area contributed by atoms with E-state index in [2.05, 4.69) is 10.3 Å². The largest absolute Gasteiger partial charge is 0.481 e. The summed E-state index contributed by atoms with van der Waals surface area (Å²) < 4.78 is 0. The summed E-state index contributed by atoms with van der Waals surface area (Å²) in [6, 6.07) is 13.3. The van der Waals surface area contributed by atoms with Crippen molar-refractivity contribution >= 4 is 11.9 Å². The van der Waals surface area contributed by atoms with Crippen LogP contribution in [0.1, 0.15) is 29.4 Å². The van der Waals surface area contributed by atoms with E-state index in [0.29, 0.717) is 17.8 Å². The van der Waals surface area contributed by atoms with E-state index in [4.69, 9.17) is 5.11 Å². The number of hydrogen-bond donors (Lipinski definition) is 2. The van der Waals surface area contributed by atoms with E-state index in [1.807, 2.05) is 36.4 Å². The van der Waals surface area contributed by atoms with E-state index < -0.39 is 5.97 Å². The lowest BCUT2D eigenvalue weighted by atomic mass is 10.1. The maximum atomic E-state index is 12.2. The van der Waals surface area contributed by atoms with Crippen molar-refractivity contribution in [3.63, 3.8) is 0 Å². The van der Waals surface area contributed by atoms with Crippen LogP contribution in [0.4, 0.5) is 0 Å². The number of rotatable bonds is 6. The van der Waals surface area contributed by atoms with Gasteiger partial charge in [0.25, 0.3) is 5.91 Å². The summed E-state index contributed by atoms with van der Waals surface area (Å²) in [6.07, 6.45) is 0.0322. The van der Waals surface area contributed by atoms with Crippen molar-refractivity contribution < 1.29 is 14.7 Å². The SMILES string of the molecule is Cc1nc(-c2ccccc2)ccc1C(=O)NCC(C)CC(=O)O. The summed E-state index contributed by atoms with van der Waals surface area (Å²) in [7, 11) is 0. The second kappa shape index (κ2) is 7.54. The quantitative estimate of drug-likeness (QED) is 0.859. The Hall–Kier alpha value is -2.69. The molecule has 0 bridgehead atoms. The van der Waals surface area contributed by atoms with Crippen LogP contribution in [0.25, 0.3) is 11.3 Å². The zero-order valence-corrected chi connectivity index (χ0v) is 13.2. The van der Waals surface area contributed by atoms with E-state index in [1.54, 1.807) is 19.9 Å². The van der Waals surface area contributed by atoms with Crippen LogP contribution in [0.2, 0.25) is 0 Å². The molecule has 120 valence electrons. The molecule has 2 aromatic rings. The molecular formula is C18H20N2O3. The van der Waals surface area contributed by atoms with Crippen LogP contribution in [0, 0.1) is 12.8 Å². The topological polar surface area (TPSA) is 79.3 Å². The third-order valence-electron chi connectivity index (χ3n) is 3.53. The van der Waals surface area contributed by atoms with Crippen molar-refractivity contribution in [1.82, 2.24) is 10.3 Å². The molecule has 2 rings (SSSR count). The molecule has 0 saturated heterocycles. The van der Waals surface area contributed by atoms with E-state index >= 15 is 0 Å². The van der Waals surface area contributed by atoms with Crippen LogP contribution in [-0.2, 0) is 4.79 Å². The van der Waals surface area contributed by atoms with Crippen molar-refractivity contribution in [3.8, 4) is 11.3 Å². The molecule has 0 spiro atoms. The van der Waals surface area contributed by atoms with Gasteiger partial charge in [0.15, 0.2) is 0 Å². The number of hydrogen-bond acceptors (Lipinski definition) is 3. The van der Waals surface area contributed by atoms with Gasteiger partial charge in [-0.2, -0.15) is 0 Å². The molecule has 5 heteroatoms. The van der Waals surface area contributed by atoms with Gasteiger partial charge >= 0.3 is 5.97 Å². The first-order valence-electron chi connectivity index (χ1n) is 7.50. The van der Waals surface area contributed by atoms with E-state index in [1.165, 1.54) is 0 Å². The first-order valence-corrected chi connectivity index (χ1v) is 7.50. The molecule has 23 heavy (non-hydrogen) atoms. The highest BCUT2D eigenvalue weighted by atomic mass is 16.4. The zero-order chi connectivity index (χ0) is 16.8. The van der Waals surface area contributed by atoms with Gasteiger partial charge in [0.1, 0.15) is 0 Å². The van der Waals surface area contributed by atoms with E-state index in [-0.39, 0.29) is 18.2 Å². The third-order valence-corrected chi connectivity index (χ3v) is 3.53. The van der Waals surface area contributed by atoms with Gasteiger partial charge in [0.2, 0.25) is 0 Å². The monoisotopic (exact) mass is 312 g/mol. The minimum atomic E-state index is -0.864. The number of carboxylic acids is 1. The van der Waals surface area contributed by atoms with Crippen molar-refractivity contribution in [2.24, 2.45) is 5.92 Å². The predicted octanol–water partition coefficient (Wildman–Crippen LogP) is 2.90. The molecular weight excluding hydrogens is 292 g/mol. The summed E-state index contributed by atoms with van der Waals surface area (Å²) in [5, 5.41) is 11.5. The zero-order valence-electron chi connectivity index (χ0n) is 13.2. The summed E-state index contributed by atoms with van der Waals surface area (Å²) in [5.74, 6) is -1.21. The minimum Gasteiger partial charge on any atom is -0.481 e. The number of nitrogens with zero attached hydrogens (tertiary/aromatic N) is 1. The number of pyridine rings is 1. The standard InChI is InChI=1S/C18H20N2O3/c1-12(10-17(21)22)11-19-18(23)15-8-9-16(20-13(15)2)14-6-4-3-5-7-14/h3-9,12H,10-11H2,1-2H3,(H,19,23)(H,21,22). The van der Waals surface area contributed by atoms with Gasteiger partial charge in [-0.25, -0.2) is 0 Å². The Morgan fingerprint density at radius 1 is 1.17 bits per heavy atom. The minimum absolute atomic E-state index is 0.0322. The smallest absolute Gasteiger partial charge is 0.303 e. The number of amides is 1. The van der Waals surface area contributed by atoms with Gasteiger partial charge in [-0.3, -0.25) is 14.6 Å². The number of aromatic nitrogens is 1. The summed E-state index contributed by atoms with van der Waals surface area (Å²) in [5.41, 5.74) is 2.97. The third kappa shape index (κ3) is 4.64. The molecule has 1 heterocycles. The Kier molecular flexibility index (Phi) is 5.46. The van der Waals surface area contributed by atoms with Crippen molar-refractivity contribution in [3.05, 3.63) is 53.7 Å². The molecule has 0 fully saturated rings. The molecule has 0 aliphatic carbocycles. The maximum Gasteiger partial charge on any atom is 0.303 e. The molecule has 5 nitrogen and oxygen atoms in total. The van der Waals surface area contributed by atoms with Crippen LogP contribution in [0.5, 0.6) is 0 Å². The molecule has 0 aliphatic rings. The lowest BCUT2D eigenvalue weighted by Crippen LogP contribution is -2.29. The van der Waals surface area contributed by atoms with Crippen LogP contribution in [0.15, 0.2) is 42.5 Å². The number of benzene rings is 1. The number of carbonyl (C=O) groups is 2. The van der Waals surface area contributed by atoms with Gasteiger partial charge in [-0.15, -0.1) is 0 Å². The Morgan fingerprint density at radius 2 is 1.87 bits per heavy atom. The number of aliphatic carboxylic acids is 1. The molecule has 0 saturated carbocycles. The van der Waals surface area contributed by atoms with Crippen LogP contribution in [-0.4, -0.2) is 28.5 Å². The normalized spacial score (nSPS) is 11.7. The number of nitrogens with one attached hydrogen (secondary N) is 1. The molecule has 2 N–H and O–H groups in total. The van der Waals surface area contributed by atoms with Gasteiger partial charge in [0.05, 0.1) is 17.0 Å². The average Bonchev–Trinajstić information content (AvgIpc) is 2.52. The summed E-state index contributed by atoms with van der Waals surface area (Å²) in [4.78, 5) is 27.3. The predicted molar refractivity (Wildman–Crippen MR) is 88.2 cm³/mol. The molecule has 0 radical (unpaired) electrons. The molecule has 1 unspecified atom stereocenters. The van der Waals surface area contributed by atoms with E-state index in [9.17, 15) is 9.59 Å². The van der Waals surface area contributed by atoms with Crippen LogP contribution >= 0.6 is 0 Å². The Labute approximate surface area is 135 Å². The highest BCUT2D eigenvalue weighted by Gasteiger charge is 2.13. The van der Waals surface area contributed by atoms with Crippen molar-refractivity contribution in [1.29, 1.82) is 0 Å². The van der Waals surface area contributed by atoms with Gasteiger partial charge in [0, 0.05) is 18.5 Å². The Morgan fingerprint density at radius 3 is 2.48 bits per heavy atom. The number of carboxylic acid groups (broad SMARTS) is 1. The highest BCUT2D eigenvalue weighted by molar-refractivity contribution is 5.95. The van der Waals surface area contributed by atoms with Crippen LogP contribution < -0.4 is 5.32 Å². The Balaban J connectivity index is 2.06. The lowest BCUT2D eigenvalue weighted by molar-refractivity contribution is -0.137. The van der Waals surface area contributed by atoms with Crippen molar-refractivity contribution in [2.45, 2.75) is 20.3 Å². The first kappa shape index (κ1) is 16.7. The van der Waals surface area contributed by atoms with Gasteiger partial charge in [-0.05, 0) is 25.0 Å². The van der Waals surface area contributed by atoms with Gasteiger partial charge in [-0.1, -0.05) is 37.3 Å². The second-order valence-corrected chi connectivity index (χ2v) is 5.61. The maximum absolute atomic E-state index is 12.2. The Bertz CT molecular complexity index is 699. The summed E-state index contributed by atoms with van der Waals surface area (Å²) in [6.45, 7) is 3.91. The molecule has 1 aromatic carbocycles. The van der Waals surface area contributed by atoms with Crippen molar-refractivity contribution in [2.75, 3.05) is 6.54 Å². The fourth-order valence-electron chi connectivity index (χ4n) is 2.30. The summed E-state index contributed by atoms with van der Waals surface area (Å²) >= 11 is 0. The second-order valence-electron chi connectivity index (χ2n) is 5.61. The fourth-order valence-corrected chi connectivity index (χ4v) is 2.30. The highest BCUT2D eigenvalue weighted by Crippen LogP contribution is 2.18. The molecule has 1 amide bonds. The first-order chi connectivity index (χ1) is 11.0. The molecule has 1 atom stereocenters. The lowest BCUT2D eigenvalue weighted by Gasteiger charge is -2.12. The molecule has 1 aromatic heterocycles. The van der Waals surface area contributed by atoms with Crippen LogP contribution in [0.3, 0.4) is 0 Å².